The zero-order valence-corrected chi connectivity index (χ0v) is 16.5. The highest BCUT2D eigenvalue weighted by Crippen LogP contribution is 2.32. The van der Waals surface area contributed by atoms with Gasteiger partial charge in [-0.2, -0.15) is 17.0 Å². The van der Waals surface area contributed by atoms with E-state index in [1.165, 1.54) is 8.61 Å². The Hall–Kier alpha value is -0.740. The quantitative estimate of drug-likeness (QED) is 0.708. The van der Waals surface area contributed by atoms with E-state index in [4.69, 9.17) is 10.5 Å². The second-order valence-electron chi connectivity index (χ2n) is 8.01. The van der Waals surface area contributed by atoms with Crippen molar-refractivity contribution in [1.29, 1.82) is 0 Å². The first-order chi connectivity index (χ1) is 12.3. The molecular formula is C17H32N4O4S. The Morgan fingerprint density at radius 3 is 2.31 bits per heavy atom. The maximum absolute atomic E-state index is 12.7. The van der Waals surface area contributed by atoms with Crippen molar-refractivity contribution in [2.45, 2.75) is 57.0 Å². The van der Waals surface area contributed by atoms with Crippen LogP contribution in [0.5, 0.6) is 0 Å². The van der Waals surface area contributed by atoms with Crippen LogP contribution in [0.2, 0.25) is 0 Å². The highest BCUT2D eigenvalue weighted by atomic mass is 32.2. The fourth-order valence-electron chi connectivity index (χ4n) is 4.26. The summed E-state index contributed by atoms with van der Waals surface area (Å²) in [7, 11) is -3.42. The second-order valence-corrected chi connectivity index (χ2v) is 9.93. The van der Waals surface area contributed by atoms with Gasteiger partial charge in [0, 0.05) is 37.8 Å². The lowest BCUT2D eigenvalue weighted by Crippen LogP contribution is -2.56. The molecule has 0 bridgehead atoms. The van der Waals surface area contributed by atoms with E-state index in [-0.39, 0.29) is 17.9 Å². The van der Waals surface area contributed by atoms with Crippen LogP contribution in [0.3, 0.4) is 0 Å². The molecule has 2 atom stereocenters. The van der Waals surface area contributed by atoms with E-state index in [0.717, 1.165) is 25.7 Å². The number of ether oxygens (including phenoxy) is 1. The van der Waals surface area contributed by atoms with E-state index in [0.29, 0.717) is 52.2 Å². The van der Waals surface area contributed by atoms with Crippen LogP contribution in [-0.4, -0.2) is 73.9 Å². The molecule has 2 heterocycles. The molecule has 150 valence electrons. The Morgan fingerprint density at radius 1 is 1.08 bits per heavy atom. The van der Waals surface area contributed by atoms with E-state index in [1.807, 2.05) is 6.92 Å². The molecule has 8 nitrogen and oxygen atoms in total. The number of hydrogen-bond donors (Lipinski definition) is 2. The normalized spacial score (nSPS) is 33.1. The molecule has 0 radical (unpaired) electrons. The van der Waals surface area contributed by atoms with E-state index in [9.17, 15) is 13.2 Å². The van der Waals surface area contributed by atoms with Gasteiger partial charge in [0.2, 0.25) is 5.91 Å². The zero-order valence-electron chi connectivity index (χ0n) is 15.7. The Labute approximate surface area is 156 Å². The molecule has 3 aliphatic rings. The van der Waals surface area contributed by atoms with Gasteiger partial charge < -0.3 is 15.8 Å². The lowest BCUT2D eigenvalue weighted by atomic mass is 9.74. The van der Waals surface area contributed by atoms with Gasteiger partial charge in [0.05, 0.1) is 19.1 Å². The van der Waals surface area contributed by atoms with Crippen molar-refractivity contribution in [1.82, 2.24) is 13.9 Å². The Morgan fingerprint density at radius 2 is 1.69 bits per heavy atom. The second kappa shape index (κ2) is 8.10. The van der Waals surface area contributed by atoms with Crippen molar-refractivity contribution >= 4 is 16.1 Å². The van der Waals surface area contributed by atoms with Crippen LogP contribution >= 0.6 is 0 Å². The van der Waals surface area contributed by atoms with Crippen molar-refractivity contribution in [2.24, 2.45) is 11.7 Å². The fraction of sp³-hybridized carbons (Fsp3) is 0.941. The Kier molecular flexibility index (Phi) is 6.23. The minimum Gasteiger partial charge on any atom is -0.379 e. The first-order valence-corrected chi connectivity index (χ1v) is 11.1. The van der Waals surface area contributed by atoms with Crippen molar-refractivity contribution in [3.05, 3.63) is 0 Å². The molecule has 26 heavy (non-hydrogen) atoms. The highest BCUT2D eigenvalue weighted by Gasteiger charge is 2.39. The number of rotatable bonds is 4. The lowest BCUT2D eigenvalue weighted by molar-refractivity contribution is -0.129. The third-order valence-corrected chi connectivity index (χ3v) is 8.03. The molecule has 9 heteroatoms. The number of morpholine rings is 1. The van der Waals surface area contributed by atoms with E-state index < -0.39 is 15.7 Å². The predicted molar refractivity (Wildman–Crippen MR) is 98.6 cm³/mol. The summed E-state index contributed by atoms with van der Waals surface area (Å²) in [6.07, 6.45) is 5.12. The summed E-state index contributed by atoms with van der Waals surface area (Å²) in [6, 6.07) is 0.0244. The van der Waals surface area contributed by atoms with Crippen LogP contribution in [0.1, 0.15) is 45.4 Å². The molecule has 0 aromatic rings. The van der Waals surface area contributed by atoms with Crippen LogP contribution in [0.25, 0.3) is 0 Å². The predicted octanol–water partition coefficient (Wildman–Crippen LogP) is 0.0516. The molecule has 0 aromatic heterocycles. The van der Waals surface area contributed by atoms with Crippen LogP contribution in [0.15, 0.2) is 0 Å². The van der Waals surface area contributed by atoms with E-state index in [1.54, 1.807) is 0 Å². The van der Waals surface area contributed by atoms with Crippen LogP contribution in [-0.2, 0) is 19.7 Å². The van der Waals surface area contributed by atoms with Crippen LogP contribution in [0, 0.1) is 5.92 Å². The minimum atomic E-state index is -3.42. The summed E-state index contributed by atoms with van der Waals surface area (Å²) in [4.78, 5) is 12.7. The highest BCUT2D eigenvalue weighted by molar-refractivity contribution is 7.86. The summed E-state index contributed by atoms with van der Waals surface area (Å²) < 4.78 is 33.7. The molecule has 2 aliphatic heterocycles. The Bertz CT molecular complexity index is 596. The number of piperidine rings is 1. The Balaban J connectivity index is 1.51. The molecule has 3 N–H and O–H groups in total. The number of nitrogens with one attached hydrogen (secondary N) is 1. The van der Waals surface area contributed by atoms with Crippen molar-refractivity contribution in [3.8, 4) is 0 Å². The van der Waals surface area contributed by atoms with E-state index >= 15 is 0 Å². The average molecular weight is 389 g/mol. The standard InChI is InChI=1S/C17H32N4O4S/c1-17(18)7-3-2-4-15(17)16(22)19-14-5-8-20(9-6-14)26(23,24)21-10-12-25-13-11-21/h14-15H,2-13,18H2,1H3,(H,19,22). The maximum atomic E-state index is 12.7. The van der Waals surface area contributed by atoms with Gasteiger partial charge in [0.15, 0.2) is 0 Å². The molecule has 1 saturated carbocycles. The van der Waals surface area contributed by atoms with Gasteiger partial charge in [0.1, 0.15) is 0 Å². The molecule has 2 unspecified atom stereocenters. The number of hydrogen-bond acceptors (Lipinski definition) is 5. The summed E-state index contributed by atoms with van der Waals surface area (Å²) in [5.74, 6) is -0.115. The van der Waals surface area contributed by atoms with Crippen molar-refractivity contribution < 1.29 is 17.9 Å². The molecule has 1 aliphatic carbocycles. The van der Waals surface area contributed by atoms with Crippen molar-refractivity contribution in [3.63, 3.8) is 0 Å². The molecule has 1 amide bonds. The molecule has 0 spiro atoms. The topological polar surface area (TPSA) is 105 Å². The number of amides is 1. The number of nitrogens with zero attached hydrogens (tertiary/aromatic N) is 2. The summed E-state index contributed by atoms with van der Waals surface area (Å²) in [6.45, 7) is 4.57. The van der Waals surface area contributed by atoms with Gasteiger partial charge in [-0.05, 0) is 32.6 Å². The number of carbonyl (C=O) groups excluding carboxylic acids is 1. The molecule has 3 fully saturated rings. The summed E-state index contributed by atoms with van der Waals surface area (Å²) in [5.41, 5.74) is 5.88. The van der Waals surface area contributed by atoms with Crippen LogP contribution in [0.4, 0.5) is 0 Å². The smallest absolute Gasteiger partial charge is 0.282 e. The van der Waals surface area contributed by atoms with Gasteiger partial charge in [-0.25, -0.2) is 0 Å². The largest absolute Gasteiger partial charge is 0.379 e. The molecule has 2 saturated heterocycles. The SMILES string of the molecule is CC1(N)CCCCC1C(=O)NC1CCN(S(=O)(=O)N2CCOCC2)CC1. The van der Waals surface area contributed by atoms with Crippen molar-refractivity contribution in [2.75, 3.05) is 39.4 Å². The lowest BCUT2D eigenvalue weighted by Gasteiger charge is -2.39. The number of carbonyl (C=O) groups is 1. The van der Waals surface area contributed by atoms with Gasteiger partial charge in [-0.1, -0.05) is 12.8 Å². The average Bonchev–Trinajstić information content (AvgIpc) is 2.62. The zero-order chi connectivity index (χ0) is 18.8. The molecule has 0 aromatic carbocycles. The first kappa shape index (κ1) is 20.0. The third kappa shape index (κ3) is 4.39. The number of nitrogens with two attached hydrogens (primary N) is 1. The minimum absolute atomic E-state index is 0.0244. The summed E-state index contributed by atoms with van der Waals surface area (Å²) in [5, 5.41) is 3.12. The van der Waals surface area contributed by atoms with Gasteiger partial charge in [-0.3, -0.25) is 4.79 Å². The van der Waals surface area contributed by atoms with Gasteiger partial charge >= 0.3 is 0 Å². The third-order valence-electron chi connectivity index (χ3n) is 5.99. The maximum Gasteiger partial charge on any atom is 0.282 e. The molecule has 3 rings (SSSR count). The van der Waals surface area contributed by atoms with E-state index in [2.05, 4.69) is 5.32 Å². The van der Waals surface area contributed by atoms with Gasteiger partial charge in [-0.15, -0.1) is 0 Å². The van der Waals surface area contributed by atoms with Gasteiger partial charge in [0.25, 0.3) is 10.2 Å². The first-order valence-electron chi connectivity index (χ1n) is 9.73. The monoisotopic (exact) mass is 388 g/mol. The van der Waals surface area contributed by atoms with Crippen LogP contribution < -0.4 is 11.1 Å². The molecular weight excluding hydrogens is 356 g/mol. The summed E-state index contributed by atoms with van der Waals surface area (Å²) >= 11 is 0. The fourth-order valence-corrected chi connectivity index (χ4v) is 5.87.